The van der Waals surface area contributed by atoms with Crippen LogP contribution in [0, 0.1) is 0 Å². The molecule has 0 radical (unpaired) electrons. The molecule has 1 saturated heterocycles. The lowest BCUT2D eigenvalue weighted by Gasteiger charge is -2.16. The van der Waals surface area contributed by atoms with E-state index in [4.69, 9.17) is 25.8 Å². The molecular formula is C15H22ClNO3. The molecule has 1 aromatic rings. The van der Waals surface area contributed by atoms with Crippen LogP contribution in [0.2, 0.25) is 5.02 Å². The second kappa shape index (κ2) is 7.72. The largest absolute Gasteiger partial charge is 0.493 e. The van der Waals surface area contributed by atoms with E-state index in [0.29, 0.717) is 30.0 Å². The van der Waals surface area contributed by atoms with Gasteiger partial charge in [-0.1, -0.05) is 11.6 Å². The molecule has 112 valence electrons. The van der Waals surface area contributed by atoms with E-state index in [0.717, 1.165) is 37.3 Å². The first kappa shape index (κ1) is 15.4. The standard InChI is InChI=1S/C15H22ClNO3/c1-3-19-15-11(7-12(16)8-14(15)18-2)9-17-10-13-5-4-6-20-13/h7-8,13,17H,3-6,9-10H2,1-2H3/t13-/m1/s1. The molecule has 0 unspecified atom stereocenters. The molecule has 1 N–H and O–H groups in total. The van der Waals surface area contributed by atoms with Crippen LogP contribution < -0.4 is 14.8 Å². The number of nitrogens with one attached hydrogen (secondary N) is 1. The molecule has 1 heterocycles. The van der Waals surface area contributed by atoms with Gasteiger partial charge in [-0.25, -0.2) is 0 Å². The summed E-state index contributed by atoms with van der Waals surface area (Å²) in [4.78, 5) is 0. The Kier molecular flexibility index (Phi) is 5.95. The van der Waals surface area contributed by atoms with E-state index in [2.05, 4.69) is 5.32 Å². The smallest absolute Gasteiger partial charge is 0.165 e. The van der Waals surface area contributed by atoms with Crippen LogP contribution in [0.3, 0.4) is 0 Å². The molecule has 1 aliphatic rings. The third-order valence-corrected chi connectivity index (χ3v) is 3.53. The predicted octanol–water partition coefficient (Wildman–Crippen LogP) is 3.02. The number of rotatable bonds is 7. The van der Waals surface area contributed by atoms with Crippen molar-refractivity contribution in [3.05, 3.63) is 22.7 Å². The molecule has 0 aliphatic carbocycles. The molecule has 20 heavy (non-hydrogen) atoms. The SMILES string of the molecule is CCOc1c(CNC[C@H]2CCCO2)cc(Cl)cc1OC. The zero-order valence-electron chi connectivity index (χ0n) is 12.1. The number of methoxy groups -OCH3 is 1. The minimum Gasteiger partial charge on any atom is -0.493 e. The summed E-state index contributed by atoms with van der Waals surface area (Å²) in [6, 6.07) is 3.69. The number of ether oxygens (including phenoxy) is 3. The topological polar surface area (TPSA) is 39.7 Å². The van der Waals surface area contributed by atoms with Crippen LogP contribution in [-0.2, 0) is 11.3 Å². The molecular weight excluding hydrogens is 278 g/mol. The number of hydrogen-bond donors (Lipinski definition) is 1. The summed E-state index contributed by atoms with van der Waals surface area (Å²) in [6.07, 6.45) is 2.61. The van der Waals surface area contributed by atoms with Gasteiger partial charge in [-0.2, -0.15) is 0 Å². The predicted molar refractivity (Wildman–Crippen MR) is 79.9 cm³/mol. The van der Waals surface area contributed by atoms with Crippen LogP contribution >= 0.6 is 11.6 Å². The molecule has 4 nitrogen and oxygen atoms in total. The summed E-state index contributed by atoms with van der Waals surface area (Å²) in [7, 11) is 1.62. The highest BCUT2D eigenvalue weighted by Gasteiger charge is 2.16. The van der Waals surface area contributed by atoms with Crippen LogP contribution in [0.5, 0.6) is 11.5 Å². The third kappa shape index (κ3) is 4.01. The molecule has 5 heteroatoms. The van der Waals surface area contributed by atoms with Gasteiger partial charge in [0.15, 0.2) is 11.5 Å². The maximum atomic E-state index is 6.12. The van der Waals surface area contributed by atoms with Crippen molar-refractivity contribution in [1.29, 1.82) is 0 Å². The van der Waals surface area contributed by atoms with Gasteiger partial charge >= 0.3 is 0 Å². The van der Waals surface area contributed by atoms with Crippen LogP contribution in [-0.4, -0.2) is 33.0 Å². The van der Waals surface area contributed by atoms with Crippen molar-refractivity contribution in [2.75, 3.05) is 26.9 Å². The second-order valence-electron chi connectivity index (χ2n) is 4.80. The van der Waals surface area contributed by atoms with E-state index < -0.39 is 0 Å². The monoisotopic (exact) mass is 299 g/mol. The van der Waals surface area contributed by atoms with E-state index in [1.54, 1.807) is 13.2 Å². The Morgan fingerprint density at radius 2 is 2.30 bits per heavy atom. The van der Waals surface area contributed by atoms with Gasteiger partial charge in [-0.05, 0) is 25.8 Å². The highest BCUT2D eigenvalue weighted by Crippen LogP contribution is 2.34. The van der Waals surface area contributed by atoms with Gasteiger partial charge in [0.1, 0.15) is 0 Å². The van der Waals surface area contributed by atoms with Crippen LogP contribution in [0.25, 0.3) is 0 Å². The molecule has 1 aliphatic heterocycles. The lowest BCUT2D eigenvalue weighted by Crippen LogP contribution is -2.26. The zero-order chi connectivity index (χ0) is 14.4. The zero-order valence-corrected chi connectivity index (χ0v) is 12.8. The lowest BCUT2D eigenvalue weighted by molar-refractivity contribution is 0.110. The van der Waals surface area contributed by atoms with Crippen molar-refractivity contribution in [2.45, 2.75) is 32.4 Å². The van der Waals surface area contributed by atoms with Crippen molar-refractivity contribution in [1.82, 2.24) is 5.32 Å². The molecule has 0 bridgehead atoms. The van der Waals surface area contributed by atoms with Gasteiger partial charge in [0, 0.05) is 36.3 Å². The van der Waals surface area contributed by atoms with Crippen molar-refractivity contribution in [3.63, 3.8) is 0 Å². The summed E-state index contributed by atoms with van der Waals surface area (Å²) in [5, 5.41) is 4.05. The number of benzene rings is 1. The maximum absolute atomic E-state index is 6.12. The fourth-order valence-corrected chi connectivity index (χ4v) is 2.62. The Morgan fingerprint density at radius 1 is 1.45 bits per heavy atom. The van der Waals surface area contributed by atoms with Crippen molar-refractivity contribution >= 4 is 11.6 Å². The summed E-state index contributed by atoms with van der Waals surface area (Å²) >= 11 is 6.12. The minimum atomic E-state index is 0.326. The van der Waals surface area contributed by atoms with Gasteiger partial charge in [-0.15, -0.1) is 0 Å². The lowest BCUT2D eigenvalue weighted by atomic mass is 10.1. The fraction of sp³-hybridized carbons (Fsp3) is 0.600. The fourth-order valence-electron chi connectivity index (χ4n) is 2.39. The molecule has 2 rings (SSSR count). The molecule has 0 aromatic heterocycles. The van der Waals surface area contributed by atoms with E-state index in [1.165, 1.54) is 0 Å². The van der Waals surface area contributed by atoms with Gasteiger partial charge in [0.2, 0.25) is 0 Å². The summed E-state index contributed by atoms with van der Waals surface area (Å²) in [5.41, 5.74) is 1.01. The number of halogens is 1. The quantitative estimate of drug-likeness (QED) is 0.840. The Balaban J connectivity index is 2.02. The minimum absolute atomic E-state index is 0.326. The summed E-state index contributed by atoms with van der Waals surface area (Å²) in [6.45, 7) is 4.96. The highest BCUT2D eigenvalue weighted by atomic mass is 35.5. The molecule has 0 spiro atoms. The first-order chi connectivity index (χ1) is 9.74. The van der Waals surface area contributed by atoms with Gasteiger partial charge in [0.25, 0.3) is 0 Å². The van der Waals surface area contributed by atoms with Crippen LogP contribution in [0.4, 0.5) is 0 Å². The summed E-state index contributed by atoms with van der Waals surface area (Å²) < 4.78 is 16.6. The van der Waals surface area contributed by atoms with Crippen molar-refractivity contribution < 1.29 is 14.2 Å². The van der Waals surface area contributed by atoms with E-state index in [-0.39, 0.29) is 0 Å². The average Bonchev–Trinajstić information content (AvgIpc) is 2.94. The van der Waals surface area contributed by atoms with E-state index >= 15 is 0 Å². The first-order valence-electron chi connectivity index (χ1n) is 7.06. The summed E-state index contributed by atoms with van der Waals surface area (Å²) in [5.74, 6) is 1.44. The molecule has 0 saturated carbocycles. The normalized spacial score (nSPS) is 18.2. The second-order valence-corrected chi connectivity index (χ2v) is 5.23. The van der Waals surface area contributed by atoms with E-state index in [9.17, 15) is 0 Å². The van der Waals surface area contributed by atoms with Crippen molar-refractivity contribution in [3.8, 4) is 11.5 Å². The van der Waals surface area contributed by atoms with Crippen LogP contribution in [0.15, 0.2) is 12.1 Å². The van der Waals surface area contributed by atoms with Gasteiger partial charge in [-0.3, -0.25) is 0 Å². The number of hydrogen-bond acceptors (Lipinski definition) is 4. The van der Waals surface area contributed by atoms with Crippen molar-refractivity contribution in [2.24, 2.45) is 0 Å². The first-order valence-corrected chi connectivity index (χ1v) is 7.44. The van der Waals surface area contributed by atoms with Gasteiger partial charge in [0.05, 0.1) is 19.8 Å². The van der Waals surface area contributed by atoms with Gasteiger partial charge < -0.3 is 19.5 Å². The molecule has 1 fully saturated rings. The molecule has 1 atom stereocenters. The van der Waals surface area contributed by atoms with Crippen LogP contribution in [0.1, 0.15) is 25.3 Å². The third-order valence-electron chi connectivity index (χ3n) is 3.32. The maximum Gasteiger partial charge on any atom is 0.165 e. The van der Waals surface area contributed by atoms with E-state index in [1.807, 2.05) is 13.0 Å². The Morgan fingerprint density at radius 3 is 2.95 bits per heavy atom. The molecule has 1 aromatic carbocycles. The Bertz CT molecular complexity index is 433. The highest BCUT2D eigenvalue weighted by molar-refractivity contribution is 6.30. The Labute approximate surface area is 125 Å². The Hall–Kier alpha value is -0.970. The molecule has 0 amide bonds. The average molecular weight is 300 g/mol.